The molecule has 0 aromatic heterocycles. The van der Waals surface area contributed by atoms with E-state index < -0.39 is 10.0 Å². The Morgan fingerprint density at radius 2 is 2.05 bits per heavy atom. The number of hydrogen-bond donors (Lipinski definition) is 2. The topological polar surface area (TPSA) is 84.5 Å². The number of rotatable bonds is 1. The molecule has 1 fully saturated rings. The van der Waals surface area contributed by atoms with Crippen molar-refractivity contribution in [1.82, 2.24) is 4.72 Å². The van der Waals surface area contributed by atoms with Crippen molar-refractivity contribution < 1.29 is 8.42 Å². The molecule has 2 aliphatic rings. The summed E-state index contributed by atoms with van der Waals surface area (Å²) in [6, 6.07) is 7.08. The number of hydrogen-bond acceptors (Lipinski definition) is 4. The Bertz CT molecular complexity index is 664. The van der Waals surface area contributed by atoms with Crippen molar-refractivity contribution in [1.29, 1.82) is 0 Å². The zero-order valence-corrected chi connectivity index (χ0v) is 11.7. The number of nitrogens with one attached hydrogen (secondary N) is 1. The molecule has 19 heavy (non-hydrogen) atoms. The minimum Gasteiger partial charge on any atom is -0.327 e. The van der Waals surface area contributed by atoms with Crippen molar-refractivity contribution >= 4 is 15.9 Å². The minimum absolute atomic E-state index is 0.0614. The summed E-state index contributed by atoms with van der Waals surface area (Å²) in [5.41, 5.74) is 6.53. The Kier molecular flexibility index (Phi) is 2.53. The van der Waals surface area contributed by atoms with E-state index in [4.69, 9.17) is 5.73 Å². The molecule has 5 nitrogen and oxygen atoms in total. The normalized spacial score (nSPS) is 32.5. The molecule has 2 unspecified atom stereocenters. The van der Waals surface area contributed by atoms with E-state index in [1.807, 2.05) is 6.07 Å². The zero-order valence-electron chi connectivity index (χ0n) is 10.9. The molecule has 3 rings (SSSR count). The van der Waals surface area contributed by atoms with Gasteiger partial charge in [-0.3, -0.25) is 9.71 Å². The van der Waals surface area contributed by atoms with E-state index in [1.165, 1.54) is 0 Å². The fourth-order valence-electron chi connectivity index (χ4n) is 2.54. The van der Waals surface area contributed by atoms with Crippen LogP contribution < -0.4 is 10.5 Å². The summed E-state index contributed by atoms with van der Waals surface area (Å²) in [5, 5.41) is 0. The first-order valence-electron chi connectivity index (χ1n) is 6.28. The molecule has 0 bridgehead atoms. The average Bonchev–Trinajstić information content (AvgIpc) is 2.62. The van der Waals surface area contributed by atoms with Gasteiger partial charge in [0.15, 0.2) is 0 Å². The largest absolute Gasteiger partial charge is 0.327 e. The maximum Gasteiger partial charge on any atom is 0.263 e. The van der Waals surface area contributed by atoms with Crippen molar-refractivity contribution in [2.75, 3.05) is 0 Å². The van der Waals surface area contributed by atoms with Gasteiger partial charge in [-0.25, -0.2) is 8.42 Å². The van der Waals surface area contributed by atoms with Crippen molar-refractivity contribution in [2.24, 2.45) is 16.1 Å². The summed E-state index contributed by atoms with van der Waals surface area (Å²) in [6.45, 7) is 4.12. The molecule has 0 radical (unpaired) electrons. The fraction of sp³-hybridized carbons (Fsp3) is 0.462. The van der Waals surface area contributed by atoms with Crippen molar-refractivity contribution in [3.63, 3.8) is 0 Å². The van der Waals surface area contributed by atoms with Crippen LogP contribution in [-0.2, 0) is 10.0 Å². The van der Waals surface area contributed by atoms with Crippen molar-refractivity contribution in [3.8, 4) is 0 Å². The Labute approximate surface area is 113 Å². The Morgan fingerprint density at radius 1 is 1.37 bits per heavy atom. The highest BCUT2D eigenvalue weighted by atomic mass is 32.2. The number of benzene rings is 1. The molecular weight excluding hydrogens is 262 g/mol. The summed E-state index contributed by atoms with van der Waals surface area (Å²) >= 11 is 0. The monoisotopic (exact) mass is 279 g/mol. The number of nitrogens with two attached hydrogens (primary N) is 1. The zero-order chi connectivity index (χ0) is 13.8. The van der Waals surface area contributed by atoms with E-state index in [9.17, 15) is 8.42 Å². The molecule has 6 heteroatoms. The van der Waals surface area contributed by atoms with Crippen LogP contribution in [0, 0.1) is 5.41 Å². The van der Waals surface area contributed by atoms with Gasteiger partial charge in [-0.05, 0) is 18.6 Å². The third-order valence-corrected chi connectivity index (χ3v) is 5.64. The van der Waals surface area contributed by atoms with Gasteiger partial charge in [0.05, 0.1) is 10.9 Å². The van der Waals surface area contributed by atoms with Gasteiger partial charge in [0.25, 0.3) is 10.0 Å². The lowest BCUT2D eigenvalue weighted by molar-refractivity contribution is 0.104. The van der Waals surface area contributed by atoms with Crippen LogP contribution in [0.4, 0.5) is 0 Å². The fourth-order valence-corrected chi connectivity index (χ4v) is 3.78. The molecule has 1 aromatic carbocycles. The third-order valence-electron chi connectivity index (χ3n) is 4.24. The van der Waals surface area contributed by atoms with Gasteiger partial charge in [0.1, 0.15) is 5.84 Å². The first-order chi connectivity index (χ1) is 8.82. The van der Waals surface area contributed by atoms with Crippen LogP contribution in [0.15, 0.2) is 34.2 Å². The van der Waals surface area contributed by atoms with E-state index in [1.54, 1.807) is 18.2 Å². The lowest BCUT2D eigenvalue weighted by Crippen LogP contribution is -2.57. The molecular formula is C13H17N3O2S. The molecule has 102 valence electrons. The van der Waals surface area contributed by atoms with Gasteiger partial charge in [-0.1, -0.05) is 26.0 Å². The molecule has 1 aliphatic heterocycles. The quantitative estimate of drug-likeness (QED) is 0.799. The van der Waals surface area contributed by atoms with Gasteiger partial charge >= 0.3 is 0 Å². The maximum absolute atomic E-state index is 12.0. The lowest BCUT2D eigenvalue weighted by Gasteiger charge is -2.48. The second kappa shape index (κ2) is 3.80. The predicted octanol–water partition coefficient (Wildman–Crippen LogP) is 0.851. The van der Waals surface area contributed by atoms with Crippen molar-refractivity contribution in [2.45, 2.75) is 37.2 Å². The molecule has 1 aliphatic carbocycles. The summed E-state index contributed by atoms with van der Waals surface area (Å²) < 4.78 is 26.4. The standard InChI is InChI=1S/C13H17N3O2S/c1-13(2)10(14)7-11(13)15-12-8-5-3-4-6-9(8)19(17,18)16-12/h3-6,10-11H,7,14H2,1-2H3,(H,15,16). The summed E-state index contributed by atoms with van der Waals surface area (Å²) in [7, 11) is -3.45. The van der Waals surface area contributed by atoms with Gasteiger partial charge in [0.2, 0.25) is 0 Å². The molecule has 0 spiro atoms. The second-order valence-corrected chi connectivity index (χ2v) is 7.41. The van der Waals surface area contributed by atoms with E-state index in [0.29, 0.717) is 16.3 Å². The van der Waals surface area contributed by atoms with Crippen LogP contribution in [0.2, 0.25) is 0 Å². The van der Waals surface area contributed by atoms with Crippen LogP contribution in [0.1, 0.15) is 25.8 Å². The number of amidine groups is 1. The average molecular weight is 279 g/mol. The first kappa shape index (κ1) is 12.6. The maximum atomic E-state index is 12.0. The number of sulfonamides is 1. The highest BCUT2D eigenvalue weighted by Gasteiger charge is 2.47. The Hall–Kier alpha value is -1.40. The van der Waals surface area contributed by atoms with Crippen LogP contribution in [-0.4, -0.2) is 26.3 Å². The van der Waals surface area contributed by atoms with E-state index >= 15 is 0 Å². The second-order valence-electron chi connectivity index (χ2n) is 5.76. The Balaban J connectivity index is 2.01. The van der Waals surface area contributed by atoms with Gasteiger partial charge < -0.3 is 5.73 Å². The molecule has 1 aromatic rings. The molecule has 2 atom stereocenters. The molecule has 1 saturated carbocycles. The van der Waals surface area contributed by atoms with Crippen molar-refractivity contribution in [3.05, 3.63) is 29.8 Å². The SMILES string of the molecule is CC1(C)C(N)CC1N=C1NS(=O)(=O)c2ccccc21. The Morgan fingerprint density at radius 3 is 2.68 bits per heavy atom. The van der Waals surface area contributed by atoms with Crippen LogP contribution >= 0.6 is 0 Å². The first-order valence-corrected chi connectivity index (χ1v) is 7.76. The number of fused-ring (bicyclic) bond motifs is 1. The van der Waals surface area contributed by atoms with Crippen LogP contribution in [0.3, 0.4) is 0 Å². The summed E-state index contributed by atoms with van der Waals surface area (Å²) in [4.78, 5) is 4.87. The van der Waals surface area contributed by atoms with E-state index in [0.717, 1.165) is 6.42 Å². The minimum atomic E-state index is -3.45. The van der Waals surface area contributed by atoms with Gasteiger partial charge in [0, 0.05) is 17.0 Å². The molecule has 3 N–H and O–H groups in total. The molecule has 0 amide bonds. The highest BCUT2D eigenvalue weighted by Crippen LogP contribution is 2.42. The number of nitrogens with zero attached hydrogens (tertiary/aromatic N) is 1. The van der Waals surface area contributed by atoms with E-state index in [-0.39, 0.29) is 17.5 Å². The number of aliphatic imine (C=N–C) groups is 1. The molecule has 1 heterocycles. The highest BCUT2D eigenvalue weighted by molar-refractivity contribution is 7.90. The predicted molar refractivity (Wildman–Crippen MR) is 73.5 cm³/mol. The van der Waals surface area contributed by atoms with Gasteiger partial charge in [-0.15, -0.1) is 0 Å². The van der Waals surface area contributed by atoms with Gasteiger partial charge in [-0.2, -0.15) is 0 Å². The lowest BCUT2D eigenvalue weighted by atomic mass is 9.63. The van der Waals surface area contributed by atoms with E-state index in [2.05, 4.69) is 23.6 Å². The smallest absolute Gasteiger partial charge is 0.263 e. The van der Waals surface area contributed by atoms with Crippen LogP contribution in [0.5, 0.6) is 0 Å². The summed E-state index contributed by atoms with van der Waals surface area (Å²) in [6.07, 6.45) is 0.792. The molecule has 0 saturated heterocycles. The third kappa shape index (κ3) is 1.78. The summed E-state index contributed by atoms with van der Waals surface area (Å²) in [5.74, 6) is 0.445. The van der Waals surface area contributed by atoms with Crippen LogP contribution in [0.25, 0.3) is 0 Å².